The molecule has 2 amide bonds. The topological polar surface area (TPSA) is 122 Å². The van der Waals surface area contributed by atoms with E-state index in [1.165, 1.54) is 11.5 Å². The van der Waals surface area contributed by atoms with Gasteiger partial charge in [0.15, 0.2) is 5.96 Å². The van der Waals surface area contributed by atoms with Crippen LogP contribution in [0.2, 0.25) is 5.02 Å². The molecule has 1 saturated heterocycles. The van der Waals surface area contributed by atoms with Crippen molar-refractivity contribution in [2.24, 2.45) is 10.7 Å². The summed E-state index contributed by atoms with van der Waals surface area (Å²) < 4.78 is 9.81. The molecule has 0 radical (unpaired) electrons. The summed E-state index contributed by atoms with van der Waals surface area (Å²) in [7, 11) is 1.61. The summed E-state index contributed by atoms with van der Waals surface area (Å²) in [5.74, 6) is 0.281. The van der Waals surface area contributed by atoms with Gasteiger partial charge in [-0.2, -0.15) is 4.37 Å². The molecule has 1 fully saturated rings. The van der Waals surface area contributed by atoms with E-state index in [2.05, 4.69) is 31.8 Å². The lowest BCUT2D eigenvalue weighted by Gasteiger charge is -2.29. The van der Waals surface area contributed by atoms with Crippen molar-refractivity contribution in [2.75, 3.05) is 32.1 Å². The largest absolute Gasteiger partial charge is 0.497 e. The minimum absolute atomic E-state index is 0.00460. The van der Waals surface area contributed by atoms with Crippen LogP contribution >= 0.6 is 23.1 Å². The number of nitrogens with two attached hydrogens (primary N) is 1. The normalized spacial score (nSPS) is 13.6. The molecule has 0 bridgehead atoms. The summed E-state index contributed by atoms with van der Waals surface area (Å²) in [5, 5.41) is 6.05. The van der Waals surface area contributed by atoms with Gasteiger partial charge in [-0.15, -0.1) is 0 Å². The number of hydrogen-bond acceptors (Lipinski definition) is 7. The van der Waals surface area contributed by atoms with Gasteiger partial charge in [0.1, 0.15) is 5.75 Å². The van der Waals surface area contributed by atoms with Gasteiger partial charge in [0.25, 0.3) is 5.91 Å². The van der Waals surface area contributed by atoms with Gasteiger partial charge in [0.05, 0.1) is 42.2 Å². The number of amides is 2. The van der Waals surface area contributed by atoms with E-state index in [0.29, 0.717) is 28.5 Å². The van der Waals surface area contributed by atoms with Gasteiger partial charge in [-0.05, 0) is 85.8 Å². The number of hydrogen-bond donors (Lipinski definition) is 3. The number of rotatable bonds is 10. The number of anilines is 1. The summed E-state index contributed by atoms with van der Waals surface area (Å²) in [4.78, 5) is 33.0. The predicted molar refractivity (Wildman–Crippen MR) is 157 cm³/mol. The van der Waals surface area contributed by atoms with Crippen LogP contribution in [0.1, 0.15) is 46.1 Å². The minimum Gasteiger partial charge on any atom is -0.497 e. The first kappa shape index (κ1) is 28.5. The van der Waals surface area contributed by atoms with Crippen molar-refractivity contribution in [3.8, 4) is 17.0 Å². The number of guanidine groups is 1. The van der Waals surface area contributed by atoms with Crippen LogP contribution in [0.15, 0.2) is 41.4 Å². The third-order valence-corrected chi connectivity index (χ3v) is 7.63. The quantitative estimate of drug-likeness (QED) is 0.242. The number of carbonyl (C=O) groups excluding carboxylic acids is 2. The third kappa shape index (κ3) is 7.14. The van der Waals surface area contributed by atoms with E-state index >= 15 is 0 Å². The van der Waals surface area contributed by atoms with E-state index in [1.54, 1.807) is 13.2 Å². The van der Waals surface area contributed by atoms with E-state index in [-0.39, 0.29) is 24.3 Å². The Morgan fingerprint density at radius 2 is 1.97 bits per heavy atom. The smallest absolute Gasteiger partial charge is 0.261 e. The number of aromatic nitrogens is 1. The van der Waals surface area contributed by atoms with Crippen LogP contribution in [0.25, 0.3) is 11.3 Å². The monoisotopic (exact) mass is 568 g/mol. The molecule has 0 saturated carbocycles. The standard InChI is InChI=1S/C28H33ClN6O3S/c1-4-6-22-24(26(34-39-22)19-7-9-20(38-3)10-8-19)27(37)33-28(30)31-15-18-13-17(2)25(21(29)14-18)32-23(36)16-35-11-5-12-35/h7-10,13-14H,4-6,11-12,15-16H2,1-3H3,(H,32,36)(H3,30,31,33,37). The molecule has 11 heteroatoms. The Morgan fingerprint density at radius 3 is 2.59 bits per heavy atom. The number of halogens is 1. The molecule has 4 rings (SSSR count). The fourth-order valence-electron chi connectivity index (χ4n) is 4.28. The van der Waals surface area contributed by atoms with Crippen LogP contribution in [0.4, 0.5) is 5.69 Å². The van der Waals surface area contributed by atoms with Crippen molar-refractivity contribution in [2.45, 2.75) is 39.7 Å². The first-order chi connectivity index (χ1) is 18.8. The first-order valence-corrected chi connectivity index (χ1v) is 14.0. The van der Waals surface area contributed by atoms with Gasteiger partial charge in [0, 0.05) is 10.4 Å². The molecule has 4 N–H and O–H groups in total. The Balaban J connectivity index is 1.45. The molecule has 0 aliphatic carbocycles. The SMILES string of the molecule is CCCc1snc(-c2ccc(OC)cc2)c1C(=O)NC(N)=NCc1cc(C)c(NC(=O)CN2CCC2)c(Cl)c1. The zero-order chi connectivity index (χ0) is 27.9. The van der Waals surface area contributed by atoms with E-state index in [1.807, 2.05) is 37.3 Å². The van der Waals surface area contributed by atoms with Crippen LogP contribution in [0, 0.1) is 6.92 Å². The molecule has 206 valence electrons. The predicted octanol–water partition coefficient (Wildman–Crippen LogP) is 4.62. The molecule has 1 aliphatic rings. The van der Waals surface area contributed by atoms with Gasteiger partial charge in [-0.1, -0.05) is 31.0 Å². The summed E-state index contributed by atoms with van der Waals surface area (Å²) in [6.45, 7) is 6.40. The lowest BCUT2D eigenvalue weighted by Crippen LogP contribution is -2.42. The van der Waals surface area contributed by atoms with Crippen molar-refractivity contribution in [3.63, 3.8) is 0 Å². The number of nitrogens with zero attached hydrogens (tertiary/aromatic N) is 3. The van der Waals surface area contributed by atoms with Gasteiger partial charge < -0.3 is 15.8 Å². The molecular weight excluding hydrogens is 536 g/mol. The Hall–Kier alpha value is -3.47. The van der Waals surface area contributed by atoms with E-state index < -0.39 is 0 Å². The van der Waals surface area contributed by atoms with E-state index in [4.69, 9.17) is 22.1 Å². The van der Waals surface area contributed by atoms with Crippen molar-refractivity contribution in [3.05, 3.63) is 63.0 Å². The molecule has 0 atom stereocenters. The fraction of sp³-hybridized carbons (Fsp3) is 0.357. The number of likely N-dealkylation sites (tertiary alicyclic amines) is 1. The second kappa shape index (κ2) is 13.1. The molecule has 1 aromatic heterocycles. The number of aryl methyl sites for hydroxylation is 2. The summed E-state index contributed by atoms with van der Waals surface area (Å²) >= 11 is 7.80. The summed E-state index contributed by atoms with van der Waals surface area (Å²) in [6.07, 6.45) is 2.73. The summed E-state index contributed by atoms with van der Waals surface area (Å²) in [6, 6.07) is 11.1. The molecule has 0 unspecified atom stereocenters. The molecule has 9 nitrogen and oxygen atoms in total. The van der Waals surface area contributed by atoms with Gasteiger partial charge in [-0.25, -0.2) is 4.99 Å². The highest BCUT2D eigenvalue weighted by Gasteiger charge is 2.22. The zero-order valence-corrected chi connectivity index (χ0v) is 23.9. The Morgan fingerprint density at radius 1 is 1.23 bits per heavy atom. The highest BCUT2D eigenvalue weighted by Crippen LogP contribution is 2.31. The molecular formula is C28H33ClN6O3S. The van der Waals surface area contributed by atoms with E-state index in [9.17, 15) is 9.59 Å². The van der Waals surface area contributed by atoms with Gasteiger partial charge in [0.2, 0.25) is 5.91 Å². The Bertz CT molecular complexity index is 1350. The number of nitrogens with one attached hydrogen (secondary N) is 2. The summed E-state index contributed by atoms with van der Waals surface area (Å²) in [5.41, 5.74) is 10.2. The van der Waals surface area contributed by atoms with Crippen LogP contribution < -0.4 is 21.1 Å². The lowest BCUT2D eigenvalue weighted by molar-refractivity contribution is -0.118. The first-order valence-electron chi connectivity index (χ1n) is 12.8. The Labute approximate surface area is 237 Å². The molecule has 39 heavy (non-hydrogen) atoms. The van der Waals surface area contributed by atoms with Gasteiger partial charge in [-0.3, -0.25) is 19.8 Å². The average Bonchev–Trinajstić information content (AvgIpc) is 3.31. The van der Waals surface area contributed by atoms with Crippen LogP contribution in [-0.4, -0.2) is 53.8 Å². The maximum Gasteiger partial charge on any atom is 0.261 e. The van der Waals surface area contributed by atoms with Crippen molar-refractivity contribution < 1.29 is 14.3 Å². The zero-order valence-electron chi connectivity index (χ0n) is 22.3. The highest BCUT2D eigenvalue weighted by molar-refractivity contribution is 7.06. The Kier molecular flexibility index (Phi) is 9.55. The second-order valence-electron chi connectivity index (χ2n) is 9.41. The van der Waals surface area contributed by atoms with Crippen LogP contribution in [-0.2, 0) is 17.8 Å². The number of methoxy groups -OCH3 is 1. The van der Waals surface area contributed by atoms with Crippen LogP contribution in [0.3, 0.4) is 0 Å². The highest BCUT2D eigenvalue weighted by atomic mass is 35.5. The maximum atomic E-state index is 13.3. The number of benzene rings is 2. The fourth-order valence-corrected chi connectivity index (χ4v) is 5.59. The molecule has 1 aliphatic heterocycles. The number of ether oxygens (including phenoxy) is 1. The second-order valence-corrected chi connectivity index (χ2v) is 10.7. The average molecular weight is 569 g/mol. The van der Waals surface area contributed by atoms with Gasteiger partial charge >= 0.3 is 0 Å². The molecule has 3 aromatic rings. The van der Waals surface area contributed by atoms with Crippen molar-refractivity contribution in [1.29, 1.82) is 0 Å². The van der Waals surface area contributed by atoms with Crippen LogP contribution in [0.5, 0.6) is 5.75 Å². The molecule has 0 spiro atoms. The van der Waals surface area contributed by atoms with E-state index in [0.717, 1.165) is 59.7 Å². The minimum atomic E-state index is -0.353. The lowest BCUT2D eigenvalue weighted by atomic mass is 10.0. The van der Waals surface area contributed by atoms with Crippen molar-refractivity contribution in [1.82, 2.24) is 14.6 Å². The van der Waals surface area contributed by atoms with Crippen molar-refractivity contribution >= 4 is 46.6 Å². The maximum absolute atomic E-state index is 13.3. The molecule has 2 aromatic carbocycles. The third-order valence-electron chi connectivity index (χ3n) is 6.43. The number of aliphatic imine (C=N–C) groups is 1. The number of carbonyl (C=O) groups is 2. The molecule has 2 heterocycles.